The van der Waals surface area contributed by atoms with Gasteiger partial charge in [-0.3, -0.25) is 4.79 Å². The fourth-order valence-electron chi connectivity index (χ4n) is 1.39. The first-order chi connectivity index (χ1) is 8.74. The van der Waals surface area contributed by atoms with Gasteiger partial charge in [0, 0.05) is 0 Å². The molecule has 0 aliphatic carbocycles. The van der Waals surface area contributed by atoms with Crippen LogP contribution in [0.5, 0.6) is 0 Å². The normalized spacial score (nSPS) is 12.2. The van der Waals surface area contributed by atoms with Crippen molar-refractivity contribution in [3.63, 3.8) is 0 Å². The molecular formula is C13H20N2O3S. The average Bonchev–Trinajstić information content (AvgIpc) is 2.39. The molecule has 19 heavy (non-hydrogen) atoms. The minimum absolute atomic E-state index is 0.00466. The Hall–Kier alpha value is -1.40. The Kier molecular flexibility index (Phi) is 4.70. The molecule has 0 bridgehead atoms. The first-order valence-electron chi connectivity index (χ1n) is 6.06. The Bertz CT molecular complexity index is 565. The number of para-hydroxylation sites is 1. The van der Waals surface area contributed by atoms with Gasteiger partial charge in [-0.2, -0.15) is 0 Å². The summed E-state index contributed by atoms with van der Waals surface area (Å²) in [6.45, 7) is 5.02. The van der Waals surface area contributed by atoms with E-state index in [1.54, 1.807) is 46.0 Å². The highest BCUT2D eigenvalue weighted by atomic mass is 32.2. The zero-order valence-corrected chi connectivity index (χ0v) is 12.5. The molecule has 0 spiro atoms. The molecule has 0 atom stereocenters. The van der Waals surface area contributed by atoms with E-state index in [0.717, 1.165) is 0 Å². The maximum Gasteiger partial charge on any atom is 0.244 e. The summed E-state index contributed by atoms with van der Waals surface area (Å²) in [6.07, 6.45) is 0. The van der Waals surface area contributed by atoms with Crippen LogP contribution in [0.3, 0.4) is 0 Å². The molecular weight excluding hydrogens is 264 g/mol. The Labute approximate surface area is 114 Å². The van der Waals surface area contributed by atoms with Gasteiger partial charge in [0.1, 0.15) is 0 Å². The van der Waals surface area contributed by atoms with E-state index in [2.05, 4.69) is 10.6 Å². The Morgan fingerprint density at radius 1 is 1.26 bits per heavy atom. The third-order valence-electron chi connectivity index (χ3n) is 3.04. The third kappa shape index (κ3) is 3.54. The van der Waals surface area contributed by atoms with Gasteiger partial charge in [0.15, 0.2) is 9.84 Å². The summed E-state index contributed by atoms with van der Waals surface area (Å²) in [7, 11) is -1.69. The lowest BCUT2D eigenvalue weighted by Crippen LogP contribution is -2.48. The minimum atomic E-state index is -3.36. The van der Waals surface area contributed by atoms with E-state index >= 15 is 0 Å². The van der Waals surface area contributed by atoms with E-state index in [1.807, 2.05) is 0 Å². The van der Waals surface area contributed by atoms with Gasteiger partial charge in [0.05, 0.1) is 21.9 Å². The summed E-state index contributed by atoms with van der Waals surface area (Å²) < 4.78 is 23.9. The monoisotopic (exact) mass is 284 g/mol. The van der Waals surface area contributed by atoms with E-state index < -0.39 is 15.4 Å². The smallest absolute Gasteiger partial charge is 0.244 e. The van der Waals surface area contributed by atoms with Crippen LogP contribution < -0.4 is 10.6 Å². The molecule has 0 saturated heterocycles. The molecule has 1 amide bonds. The molecule has 0 fully saturated rings. The summed E-state index contributed by atoms with van der Waals surface area (Å²) in [5.41, 5.74) is -0.457. The number of hydrogen-bond acceptors (Lipinski definition) is 4. The predicted molar refractivity (Wildman–Crippen MR) is 75.9 cm³/mol. The molecule has 0 radical (unpaired) electrons. The standard InChI is InChI=1S/C13H20N2O3S/c1-5-19(17,18)11-9-7-6-8-10(11)15-12(16)13(2,3)14-4/h6-9,14H,5H2,1-4H3,(H,15,16). The fraction of sp³-hybridized carbons (Fsp3) is 0.462. The Morgan fingerprint density at radius 3 is 2.37 bits per heavy atom. The van der Waals surface area contributed by atoms with Crippen LogP contribution in [0.25, 0.3) is 0 Å². The van der Waals surface area contributed by atoms with Crippen molar-refractivity contribution in [1.29, 1.82) is 0 Å². The van der Waals surface area contributed by atoms with Crippen LogP contribution in [-0.2, 0) is 14.6 Å². The summed E-state index contributed by atoms with van der Waals surface area (Å²) in [4.78, 5) is 12.2. The molecule has 0 saturated carbocycles. The molecule has 6 heteroatoms. The number of nitrogens with one attached hydrogen (secondary N) is 2. The lowest BCUT2D eigenvalue weighted by atomic mass is 10.1. The van der Waals surface area contributed by atoms with Crippen LogP contribution in [0.1, 0.15) is 20.8 Å². The molecule has 1 aromatic rings. The number of sulfone groups is 1. The topological polar surface area (TPSA) is 75.3 Å². The number of anilines is 1. The molecule has 0 aromatic heterocycles. The van der Waals surface area contributed by atoms with Gasteiger partial charge in [0.25, 0.3) is 0 Å². The van der Waals surface area contributed by atoms with Gasteiger partial charge in [-0.25, -0.2) is 8.42 Å². The van der Waals surface area contributed by atoms with Crippen molar-refractivity contribution in [3.05, 3.63) is 24.3 Å². The van der Waals surface area contributed by atoms with Gasteiger partial charge in [-0.15, -0.1) is 0 Å². The number of carbonyl (C=O) groups excluding carboxylic acids is 1. The van der Waals surface area contributed by atoms with Gasteiger partial charge in [-0.1, -0.05) is 19.1 Å². The largest absolute Gasteiger partial charge is 0.323 e. The average molecular weight is 284 g/mol. The van der Waals surface area contributed by atoms with Gasteiger partial charge in [-0.05, 0) is 33.0 Å². The molecule has 1 aromatic carbocycles. The molecule has 106 valence electrons. The summed E-state index contributed by atoms with van der Waals surface area (Å²) in [5, 5.41) is 5.53. The van der Waals surface area contributed by atoms with Crippen LogP contribution in [0, 0.1) is 0 Å². The van der Waals surface area contributed by atoms with E-state index in [4.69, 9.17) is 0 Å². The zero-order valence-electron chi connectivity index (χ0n) is 11.6. The number of hydrogen-bond donors (Lipinski definition) is 2. The van der Waals surface area contributed by atoms with Gasteiger partial charge in [0.2, 0.25) is 5.91 Å². The molecule has 0 aliphatic heterocycles. The van der Waals surface area contributed by atoms with Crippen molar-refractivity contribution < 1.29 is 13.2 Å². The number of benzene rings is 1. The first-order valence-corrected chi connectivity index (χ1v) is 7.72. The number of likely N-dealkylation sites (N-methyl/N-ethyl adjacent to an activating group) is 1. The van der Waals surface area contributed by atoms with Crippen LogP contribution in [-0.4, -0.2) is 32.7 Å². The Morgan fingerprint density at radius 2 is 1.84 bits per heavy atom. The molecule has 0 aliphatic rings. The van der Waals surface area contributed by atoms with Crippen molar-refractivity contribution in [1.82, 2.24) is 5.32 Å². The highest BCUT2D eigenvalue weighted by molar-refractivity contribution is 7.91. The third-order valence-corrected chi connectivity index (χ3v) is 4.83. The second-order valence-corrected chi connectivity index (χ2v) is 6.98. The number of rotatable bonds is 5. The van der Waals surface area contributed by atoms with Crippen LogP contribution in [0.15, 0.2) is 29.2 Å². The van der Waals surface area contributed by atoms with E-state index in [-0.39, 0.29) is 16.6 Å². The summed E-state index contributed by atoms with van der Waals surface area (Å²) in [5.74, 6) is -0.288. The maximum atomic E-state index is 12.1. The highest BCUT2D eigenvalue weighted by Crippen LogP contribution is 2.22. The highest BCUT2D eigenvalue weighted by Gasteiger charge is 2.27. The molecule has 2 N–H and O–H groups in total. The molecule has 5 nitrogen and oxygen atoms in total. The van der Waals surface area contributed by atoms with Crippen LogP contribution in [0.2, 0.25) is 0 Å². The van der Waals surface area contributed by atoms with Crippen molar-refractivity contribution >= 4 is 21.4 Å². The fourth-order valence-corrected chi connectivity index (χ4v) is 2.44. The SMILES string of the molecule is CCS(=O)(=O)c1ccccc1NC(=O)C(C)(C)NC. The van der Waals surface area contributed by atoms with Crippen LogP contribution >= 0.6 is 0 Å². The second-order valence-electron chi connectivity index (χ2n) is 4.73. The molecule has 0 heterocycles. The lowest BCUT2D eigenvalue weighted by molar-refractivity contribution is -0.121. The van der Waals surface area contributed by atoms with Crippen LogP contribution in [0.4, 0.5) is 5.69 Å². The Balaban J connectivity index is 3.14. The van der Waals surface area contributed by atoms with Crippen molar-refractivity contribution in [2.45, 2.75) is 31.2 Å². The lowest BCUT2D eigenvalue weighted by Gasteiger charge is -2.23. The number of carbonyl (C=O) groups is 1. The van der Waals surface area contributed by atoms with Gasteiger partial charge >= 0.3 is 0 Å². The molecule has 1 rings (SSSR count). The maximum absolute atomic E-state index is 12.1. The first kappa shape index (κ1) is 15.7. The quantitative estimate of drug-likeness (QED) is 0.857. The second kappa shape index (κ2) is 5.71. The predicted octanol–water partition coefficient (Wildman–Crippen LogP) is 1.42. The summed E-state index contributed by atoms with van der Waals surface area (Å²) in [6, 6.07) is 6.42. The van der Waals surface area contributed by atoms with Crippen molar-refractivity contribution in [2.24, 2.45) is 0 Å². The number of amides is 1. The van der Waals surface area contributed by atoms with Crippen molar-refractivity contribution in [2.75, 3.05) is 18.1 Å². The van der Waals surface area contributed by atoms with E-state index in [1.165, 1.54) is 6.07 Å². The van der Waals surface area contributed by atoms with Gasteiger partial charge < -0.3 is 10.6 Å². The van der Waals surface area contributed by atoms with E-state index in [9.17, 15) is 13.2 Å². The van der Waals surface area contributed by atoms with E-state index in [0.29, 0.717) is 5.69 Å². The summed E-state index contributed by atoms with van der Waals surface area (Å²) >= 11 is 0. The van der Waals surface area contributed by atoms with Crippen molar-refractivity contribution in [3.8, 4) is 0 Å². The zero-order chi connectivity index (χ0) is 14.7. The molecule has 0 unspecified atom stereocenters. The minimum Gasteiger partial charge on any atom is -0.323 e.